The van der Waals surface area contributed by atoms with Crippen LogP contribution in [0.15, 0.2) is 10.3 Å². The van der Waals surface area contributed by atoms with Crippen molar-refractivity contribution in [3.63, 3.8) is 0 Å². The molecule has 0 saturated carbocycles. The van der Waals surface area contributed by atoms with E-state index in [1.54, 1.807) is 0 Å². The number of rotatable bonds is 2. The smallest absolute Gasteiger partial charge is 0.287 e. The van der Waals surface area contributed by atoms with Crippen LogP contribution in [0.1, 0.15) is 6.42 Å². The van der Waals surface area contributed by atoms with Gasteiger partial charge in [0.2, 0.25) is 0 Å². The molecule has 78 valence electrons. The largest absolute Gasteiger partial charge is 0.355 e. The molecule has 0 aromatic carbocycles. The van der Waals surface area contributed by atoms with Gasteiger partial charge >= 0.3 is 0 Å². The summed E-state index contributed by atoms with van der Waals surface area (Å²) in [5, 5.41) is 16.3. The second-order valence-corrected chi connectivity index (χ2v) is 4.88. The number of oxime groups is 1. The molecule has 14 heavy (non-hydrogen) atoms. The second kappa shape index (κ2) is 4.00. The monoisotopic (exact) mass is 258 g/mol. The molecule has 1 aliphatic heterocycles. The first kappa shape index (κ1) is 11.7. The normalized spacial score (nSPS) is 26.4. The Morgan fingerprint density at radius 3 is 2.79 bits per heavy atom. The van der Waals surface area contributed by atoms with Crippen LogP contribution in [0.25, 0.3) is 10.4 Å². The number of azide groups is 1. The third kappa shape index (κ3) is 2.34. The lowest BCUT2D eigenvalue weighted by molar-refractivity contribution is -0.181. The lowest BCUT2D eigenvalue weighted by Crippen LogP contribution is -2.43. The van der Waals surface area contributed by atoms with Crippen molar-refractivity contribution in [2.45, 2.75) is 16.0 Å². The van der Waals surface area contributed by atoms with Crippen molar-refractivity contribution in [3.05, 3.63) is 10.4 Å². The SMILES string of the molecule is [N-]=[N+]=NCC1=NOC(O)(C(Cl)(Cl)Cl)C1. The fourth-order valence-corrected chi connectivity index (χ4v) is 1.14. The van der Waals surface area contributed by atoms with Crippen LogP contribution in [0.4, 0.5) is 0 Å². The molecule has 1 unspecified atom stereocenters. The van der Waals surface area contributed by atoms with Gasteiger partial charge < -0.3 is 9.94 Å². The summed E-state index contributed by atoms with van der Waals surface area (Å²) >= 11 is 16.4. The highest BCUT2D eigenvalue weighted by Gasteiger charge is 2.53. The predicted molar refractivity (Wildman–Crippen MR) is 52.4 cm³/mol. The number of alkyl halides is 3. The van der Waals surface area contributed by atoms with Crippen molar-refractivity contribution in [2.24, 2.45) is 10.3 Å². The first-order valence-corrected chi connectivity index (χ1v) is 4.56. The van der Waals surface area contributed by atoms with E-state index < -0.39 is 9.58 Å². The summed E-state index contributed by atoms with van der Waals surface area (Å²) < 4.78 is -2.01. The third-order valence-electron chi connectivity index (χ3n) is 1.53. The van der Waals surface area contributed by atoms with Gasteiger partial charge in [0, 0.05) is 4.91 Å². The second-order valence-electron chi connectivity index (χ2n) is 2.60. The zero-order valence-electron chi connectivity index (χ0n) is 6.69. The van der Waals surface area contributed by atoms with E-state index >= 15 is 0 Å². The average molecular weight is 259 g/mol. The Labute approximate surface area is 94.0 Å². The fourth-order valence-electron chi connectivity index (χ4n) is 0.831. The Bertz CT molecular complexity index is 309. The first-order valence-electron chi connectivity index (χ1n) is 3.43. The zero-order chi connectivity index (χ0) is 10.8. The summed E-state index contributed by atoms with van der Waals surface area (Å²) in [5.41, 5.74) is 8.35. The van der Waals surface area contributed by atoms with Crippen molar-refractivity contribution in [2.75, 3.05) is 6.54 Å². The molecule has 1 N–H and O–H groups in total. The van der Waals surface area contributed by atoms with Gasteiger partial charge in [-0.3, -0.25) is 0 Å². The van der Waals surface area contributed by atoms with Crippen LogP contribution >= 0.6 is 34.8 Å². The highest BCUT2D eigenvalue weighted by molar-refractivity contribution is 6.68. The standard InChI is InChI=1S/C5H5Cl3N4O2/c6-5(7,8)4(13)1-3(11-14-4)2-10-12-9/h13H,1-2H2. The minimum atomic E-state index is -2.01. The molecular formula is C5H5Cl3N4O2. The van der Waals surface area contributed by atoms with Gasteiger partial charge in [0.25, 0.3) is 9.58 Å². The summed E-state index contributed by atoms with van der Waals surface area (Å²) in [7, 11) is 0. The fraction of sp³-hybridized carbons (Fsp3) is 0.800. The van der Waals surface area contributed by atoms with Crippen LogP contribution in [0.3, 0.4) is 0 Å². The van der Waals surface area contributed by atoms with Crippen molar-refractivity contribution in [3.8, 4) is 0 Å². The van der Waals surface area contributed by atoms with Crippen molar-refractivity contribution < 1.29 is 9.94 Å². The highest BCUT2D eigenvalue weighted by atomic mass is 35.6. The number of halogens is 3. The lowest BCUT2D eigenvalue weighted by Gasteiger charge is -2.26. The van der Waals surface area contributed by atoms with Crippen molar-refractivity contribution >= 4 is 40.5 Å². The lowest BCUT2D eigenvalue weighted by atomic mass is 10.1. The molecule has 0 aromatic heterocycles. The Balaban J connectivity index is 2.65. The first-order chi connectivity index (χ1) is 6.39. The van der Waals surface area contributed by atoms with Gasteiger partial charge in [0.05, 0.1) is 18.7 Å². The van der Waals surface area contributed by atoms with Crippen molar-refractivity contribution in [1.82, 2.24) is 0 Å². The maximum atomic E-state index is 9.63. The van der Waals surface area contributed by atoms with Gasteiger partial charge in [-0.1, -0.05) is 45.1 Å². The van der Waals surface area contributed by atoms with Crippen LogP contribution in [0.2, 0.25) is 0 Å². The van der Waals surface area contributed by atoms with E-state index in [1.165, 1.54) is 0 Å². The molecule has 1 atom stereocenters. The molecule has 0 bridgehead atoms. The molecule has 6 nitrogen and oxygen atoms in total. The molecule has 0 radical (unpaired) electrons. The quantitative estimate of drug-likeness (QED) is 0.356. The molecule has 1 heterocycles. The molecule has 0 aliphatic carbocycles. The number of nitrogens with zero attached hydrogens (tertiary/aromatic N) is 4. The summed E-state index contributed by atoms with van der Waals surface area (Å²) in [6, 6.07) is 0. The van der Waals surface area contributed by atoms with E-state index in [2.05, 4.69) is 20.0 Å². The molecule has 0 amide bonds. The average Bonchev–Trinajstić information content (AvgIpc) is 2.44. The molecule has 9 heteroatoms. The van der Waals surface area contributed by atoms with Gasteiger partial charge in [-0.2, -0.15) is 0 Å². The maximum absolute atomic E-state index is 9.63. The van der Waals surface area contributed by atoms with E-state index in [9.17, 15) is 5.11 Å². The Morgan fingerprint density at radius 1 is 1.71 bits per heavy atom. The van der Waals surface area contributed by atoms with Gasteiger partial charge in [-0.15, -0.1) is 0 Å². The summed E-state index contributed by atoms with van der Waals surface area (Å²) in [6.45, 7) is -0.0282. The molecule has 1 aliphatic rings. The predicted octanol–water partition coefficient (Wildman–Crippen LogP) is 2.13. The van der Waals surface area contributed by atoms with Crippen LogP contribution in [0, 0.1) is 0 Å². The zero-order valence-corrected chi connectivity index (χ0v) is 8.96. The van der Waals surface area contributed by atoms with E-state index in [0.29, 0.717) is 5.71 Å². The Hall–Kier alpha value is -0.390. The van der Waals surface area contributed by atoms with E-state index in [1.807, 2.05) is 0 Å². The van der Waals surface area contributed by atoms with Crippen LogP contribution in [-0.2, 0) is 4.84 Å². The highest BCUT2D eigenvalue weighted by Crippen LogP contribution is 2.43. The van der Waals surface area contributed by atoms with E-state index in [4.69, 9.17) is 40.3 Å². The van der Waals surface area contributed by atoms with Crippen LogP contribution < -0.4 is 0 Å². The summed E-state index contributed by atoms with van der Waals surface area (Å²) in [6.07, 6.45) is -0.109. The Kier molecular flexibility index (Phi) is 3.34. The summed E-state index contributed by atoms with van der Waals surface area (Å²) in [4.78, 5) is 7.10. The topological polar surface area (TPSA) is 90.6 Å². The molecule has 0 saturated heterocycles. The molecule has 1 rings (SSSR count). The number of hydrogen-bond acceptors (Lipinski definition) is 4. The van der Waals surface area contributed by atoms with E-state index in [0.717, 1.165) is 0 Å². The van der Waals surface area contributed by atoms with Crippen molar-refractivity contribution in [1.29, 1.82) is 0 Å². The van der Waals surface area contributed by atoms with Gasteiger partial charge in [-0.05, 0) is 5.53 Å². The number of hydrogen-bond donors (Lipinski definition) is 1. The van der Waals surface area contributed by atoms with Gasteiger partial charge in [0.15, 0.2) is 0 Å². The molecular weight excluding hydrogens is 254 g/mol. The van der Waals surface area contributed by atoms with Gasteiger partial charge in [0.1, 0.15) is 0 Å². The molecule has 0 spiro atoms. The molecule has 0 fully saturated rings. The van der Waals surface area contributed by atoms with E-state index in [-0.39, 0.29) is 13.0 Å². The molecule has 0 aromatic rings. The number of aliphatic hydroxyl groups is 1. The minimum Gasteiger partial charge on any atom is -0.355 e. The van der Waals surface area contributed by atoms with Gasteiger partial charge in [-0.25, -0.2) is 0 Å². The van der Waals surface area contributed by atoms with Crippen LogP contribution in [0.5, 0.6) is 0 Å². The maximum Gasteiger partial charge on any atom is 0.287 e. The Morgan fingerprint density at radius 2 is 2.36 bits per heavy atom. The van der Waals surface area contributed by atoms with Crippen LogP contribution in [-0.4, -0.2) is 26.9 Å². The minimum absolute atomic E-state index is 0.0282. The summed E-state index contributed by atoms with van der Waals surface area (Å²) in [5.74, 6) is -1.99. The third-order valence-corrected chi connectivity index (χ3v) is 2.41.